The lowest BCUT2D eigenvalue weighted by atomic mass is 10.1. The van der Waals surface area contributed by atoms with Gasteiger partial charge in [0, 0.05) is 42.5 Å². The highest BCUT2D eigenvalue weighted by Crippen LogP contribution is 2.30. The fourth-order valence-corrected chi connectivity index (χ4v) is 4.42. The third kappa shape index (κ3) is 7.01. The lowest BCUT2D eigenvalue weighted by molar-refractivity contribution is 0.340. The molecule has 8 heteroatoms. The second-order valence-electron chi connectivity index (χ2n) is 8.76. The molecule has 0 radical (unpaired) electrons. The van der Waals surface area contributed by atoms with Crippen molar-refractivity contribution in [1.82, 2.24) is 4.98 Å². The fraction of sp³-hybridized carbons (Fsp3) is 0.207. The maximum absolute atomic E-state index is 11.6. The Morgan fingerprint density at radius 1 is 0.973 bits per heavy atom. The maximum Gasteiger partial charge on any atom is 0.136 e. The summed E-state index contributed by atoms with van der Waals surface area (Å²) in [5.74, 6) is 2.26. The minimum Gasteiger partial charge on any atom is -0.494 e. The zero-order valence-electron chi connectivity index (χ0n) is 21.4. The second kappa shape index (κ2) is 12.3. The summed E-state index contributed by atoms with van der Waals surface area (Å²) in [5.41, 5.74) is 5.18. The van der Waals surface area contributed by atoms with Crippen LogP contribution in [-0.2, 0) is 17.0 Å². The summed E-state index contributed by atoms with van der Waals surface area (Å²) in [7, 11) is 1.92. The molecule has 1 unspecified atom stereocenters. The maximum atomic E-state index is 11.6. The Balaban J connectivity index is 1.57. The first-order valence-electron chi connectivity index (χ1n) is 12.2. The van der Waals surface area contributed by atoms with Crippen LogP contribution in [-0.4, -0.2) is 36.4 Å². The molecule has 7 nitrogen and oxygen atoms in total. The Kier molecular flexibility index (Phi) is 8.64. The van der Waals surface area contributed by atoms with Gasteiger partial charge in [-0.1, -0.05) is 30.3 Å². The van der Waals surface area contributed by atoms with Gasteiger partial charge in [0.25, 0.3) is 0 Å². The fourth-order valence-electron chi connectivity index (χ4n) is 3.94. The molecule has 0 amide bonds. The Morgan fingerprint density at radius 3 is 2.41 bits per heavy atom. The lowest BCUT2D eigenvalue weighted by Gasteiger charge is -2.15. The molecule has 1 heterocycles. The molecule has 0 aliphatic rings. The number of nitrogens with one attached hydrogen (secondary N) is 3. The molecule has 0 bridgehead atoms. The van der Waals surface area contributed by atoms with Gasteiger partial charge in [-0.3, -0.25) is 4.78 Å². The van der Waals surface area contributed by atoms with Crippen LogP contribution in [0.3, 0.4) is 0 Å². The van der Waals surface area contributed by atoms with Gasteiger partial charge in [-0.15, -0.1) is 0 Å². The second-order valence-corrected chi connectivity index (χ2v) is 9.86. The molecule has 1 aromatic heterocycles. The monoisotopic (exact) mass is 515 g/mol. The number of benzene rings is 3. The van der Waals surface area contributed by atoms with Gasteiger partial charge in [0.1, 0.15) is 17.4 Å². The van der Waals surface area contributed by atoms with E-state index >= 15 is 0 Å². The van der Waals surface area contributed by atoms with Crippen LogP contribution in [0, 0.1) is 4.78 Å². The van der Waals surface area contributed by atoms with Crippen molar-refractivity contribution in [2.24, 2.45) is 0 Å². The largest absolute Gasteiger partial charge is 0.494 e. The molecular weight excluding hydrogens is 482 g/mol. The van der Waals surface area contributed by atoms with Crippen molar-refractivity contribution in [3.63, 3.8) is 0 Å². The summed E-state index contributed by atoms with van der Waals surface area (Å²) in [4.78, 5) is 7.43. The molecule has 0 spiro atoms. The lowest BCUT2D eigenvalue weighted by Crippen LogP contribution is -2.10. The van der Waals surface area contributed by atoms with Crippen molar-refractivity contribution >= 4 is 33.6 Å². The molecule has 0 saturated heterocycles. The first kappa shape index (κ1) is 26.0. The molecule has 0 aliphatic heterocycles. The minimum atomic E-state index is -2.16. The molecule has 4 aromatic rings. The van der Waals surface area contributed by atoms with E-state index in [0.29, 0.717) is 17.3 Å². The number of thiol groups is 1. The van der Waals surface area contributed by atoms with E-state index in [4.69, 9.17) is 14.5 Å². The van der Waals surface area contributed by atoms with Crippen LogP contribution in [0.1, 0.15) is 12.5 Å². The normalized spacial score (nSPS) is 11.5. The highest BCUT2D eigenvalue weighted by Gasteiger charge is 2.10. The molecule has 0 fully saturated rings. The van der Waals surface area contributed by atoms with Gasteiger partial charge in [0.2, 0.25) is 0 Å². The Bertz CT molecular complexity index is 1390. The van der Waals surface area contributed by atoms with Crippen LogP contribution in [0.5, 0.6) is 5.75 Å². The van der Waals surface area contributed by atoms with Crippen molar-refractivity contribution < 1.29 is 8.95 Å². The number of rotatable bonds is 11. The smallest absolute Gasteiger partial charge is 0.136 e. The van der Waals surface area contributed by atoms with Gasteiger partial charge >= 0.3 is 0 Å². The average molecular weight is 516 g/mol. The topological polar surface area (TPSA) is 90.3 Å². The van der Waals surface area contributed by atoms with Gasteiger partial charge < -0.3 is 20.3 Å². The van der Waals surface area contributed by atoms with Gasteiger partial charge in [-0.05, 0) is 79.1 Å². The number of nitrogens with zero attached hydrogens (tertiary/aromatic N) is 2. The summed E-state index contributed by atoms with van der Waals surface area (Å²) in [6.45, 7) is 3.31. The molecule has 0 aliphatic carbocycles. The quantitative estimate of drug-likeness (QED) is 0.178. The SMILES string of the molecule is CCOc1ccc(-c2ccc(Nc3cccc([SH](=N)=O)c3)nc2NCCc2ccc(N(C)C)cc2)cc1. The molecule has 3 N–H and O–H groups in total. The Morgan fingerprint density at radius 2 is 1.73 bits per heavy atom. The van der Waals surface area contributed by atoms with Crippen LogP contribution in [0.25, 0.3) is 11.1 Å². The minimum absolute atomic E-state index is 0.477. The highest BCUT2D eigenvalue weighted by atomic mass is 32.2. The molecule has 37 heavy (non-hydrogen) atoms. The van der Waals surface area contributed by atoms with Crippen LogP contribution in [0.15, 0.2) is 89.8 Å². The van der Waals surface area contributed by atoms with Gasteiger partial charge in [0.05, 0.1) is 17.2 Å². The van der Waals surface area contributed by atoms with Gasteiger partial charge in [0.15, 0.2) is 0 Å². The zero-order chi connectivity index (χ0) is 26.2. The van der Waals surface area contributed by atoms with E-state index in [2.05, 4.69) is 39.8 Å². The van der Waals surface area contributed by atoms with Crippen LogP contribution >= 0.6 is 0 Å². The average Bonchev–Trinajstić information content (AvgIpc) is 2.90. The van der Waals surface area contributed by atoms with E-state index in [-0.39, 0.29) is 0 Å². The first-order chi connectivity index (χ1) is 17.9. The standard InChI is InChI=1S/C29H33N5O2S/c1-4-36-25-14-10-22(11-15-25)27-16-17-28(32-23-6-5-7-26(20-23)37(30)35)33-29(27)31-19-18-21-8-12-24(13-9-21)34(2)3/h5-17,20,30,37H,4,18-19H2,1-3H3,(H2,31,32,33). The molecule has 192 valence electrons. The Labute approximate surface area is 220 Å². The molecular formula is C29H33N5O2S. The van der Waals surface area contributed by atoms with Crippen molar-refractivity contribution in [3.05, 3.63) is 90.5 Å². The van der Waals surface area contributed by atoms with Gasteiger partial charge in [-0.25, -0.2) is 9.19 Å². The summed E-state index contributed by atoms with van der Waals surface area (Å²) >= 11 is 0. The third-order valence-corrected chi connectivity index (χ3v) is 6.63. The molecule has 3 aromatic carbocycles. The molecule has 0 saturated carbocycles. The number of ether oxygens (including phenoxy) is 1. The van der Waals surface area contributed by atoms with Crippen molar-refractivity contribution in [2.75, 3.05) is 42.8 Å². The number of aromatic nitrogens is 1. The number of pyridine rings is 1. The van der Waals surface area contributed by atoms with Crippen LogP contribution in [0.4, 0.5) is 23.0 Å². The number of hydrogen-bond donors (Lipinski definition) is 4. The summed E-state index contributed by atoms with van der Waals surface area (Å²) in [6.07, 6.45) is 0.856. The third-order valence-electron chi connectivity index (χ3n) is 5.88. The van der Waals surface area contributed by atoms with Crippen molar-refractivity contribution in [1.29, 1.82) is 4.78 Å². The van der Waals surface area contributed by atoms with E-state index in [1.54, 1.807) is 18.2 Å². The van der Waals surface area contributed by atoms with Crippen LogP contribution < -0.4 is 20.3 Å². The highest BCUT2D eigenvalue weighted by molar-refractivity contribution is 7.73. The predicted molar refractivity (Wildman–Crippen MR) is 154 cm³/mol. The van der Waals surface area contributed by atoms with Gasteiger partial charge in [-0.2, -0.15) is 0 Å². The number of anilines is 4. The van der Waals surface area contributed by atoms with E-state index in [1.165, 1.54) is 11.3 Å². The zero-order valence-corrected chi connectivity index (χ0v) is 22.3. The molecule has 1 atom stereocenters. The van der Waals surface area contributed by atoms with E-state index < -0.39 is 10.6 Å². The summed E-state index contributed by atoms with van der Waals surface area (Å²) in [5, 5.41) is 6.81. The predicted octanol–water partition coefficient (Wildman–Crippen LogP) is 6.21. The van der Waals surface area contributed by atoms with E-state index in [9.17, 15) is 4.21 Å². The van der Waals surface area contributed by atoms with Crippen LogP contribution in [0.2, 0.25) is 0 Å². The Hall–Kier alpha value is -4.04. The first-order valence-corrected chi connectivity index (χ1v) is 13.5. The van der Waals surface area contributed by atoms with Crippen molar-refractivity contribution in [3.8, 4) is 16.9 Å². The summed E-state index contributed by atoms with van der Waals surface area (Å²) in [6, 6.07) is 27.6. The van der Waals surface area contributed by atoms with E-state index in [0.717, 1.165) is 41.3 Å². The van der Waals surface area contributed by atoms with Crippen molar-refractivity contribution in [2.45, 2.75) is 18.2 Å². The molecule has 4 rings (SSSR count). The number of hydrogen-bond acceptors (Lipinski definition) is 7. The summed E-state index contributed by atoms with van der Waals surface area (Å²) < 4.78 is 24.7. The van der Waals surface area contributed by atoms with E-state index in [1.807, 2.05) is 63.5 Å².